The zero-order valence-electron chi connectivity index (χ0n) is 17.9. The summed E-state index contributed by atoms with van der Waals surface area (Å²) in [6, 6.07) is 8.11. The van der Waals surface area contributed by atoms with Gasteiger partial charge < -0.3 is 25.4 Å². The molecule has 8 heteroatoms. The van der Waals surface area contributed by atoms with Crippen molar-refractivity contribution in [1.82, 2.24) is 16.0 Å². The van der Waals surface area contributed by atoms with Crippen LogP contribution in [-0.4, -0.2) is 43.9 Å². The molecule has 0 bridgehead atoms. The lowest BCUT2D eigenvalue weighted by atomic mass is 9.96. The Morgan fingerprint density at radius 3 is 2.45 bits per heavy atom. The first-order chi connectivity index (χ1) is 13.4. The molecule has 0 aromatic heterocycles. The van der Waals surface area contributed by atoms with Crippen LogP contribution in [0.3, 0.4) is 0 Å². The van der Waals surface area contributed by atoms with Gasteiger partial charge in [0.1, 0.15) is 11.4 Å². The molecule has 0 aliphatic heterocycles. The van der Waals surface area contributed by atoms with E-state index in [0.717, 1.165) is 36.5 Å². The molecule has 1 amide bonds. The molecule has 1 aromatic carbocycles. The number of hydrogen-bond acceptors (Lipinski definition) is 4. The van der Waals surface area contributed by atoms with Crippen LogP contribution in [0.1, 0.15) is 52.0 Å². The Hall–Kier alpha value is -1.71. The first-order valence-electron chi connectivity index (χ1n) is 10.0. The van der Waals surface area contributed by atoms with Crippen LogP contribution in [-0.2, 0) is 11.3 Å². The number of aliphatic imine (C=N–C) groups is 1. The minimum Gasteiger partial charge on any atom is -0.490 e. The predicted molar refractivity (Wildman–Crippen MR) is 127 cm³/mol. The van der Waals surface area contributed by atoms with Crippen LogP contribution in [0.2, 0.25) is 0 Å². The molecule has 1 aliphatic carbocycles. The minimum absolute atomic E-state index is 0. The molecular formula is C21H35IN4O3. The Morgan fingerprint density at radius 1 is 1.14 bits per heavy atom. The molecule has 0 saturated heterocycles. The van der Waals surface area contributed by atoms with E-state index in [1.54, 1.807) is 7.05 Å². The van der Waals surface area contributed by atoms with Gasteiger partial charge in [-0.2, -0.15) is 0 Å². The van der Waals surface area contributed by atoms with Gasteiger partial charge in [-0.3, -0.25) is 4.99 Å². The van der Waals surface area contributed by atoms with Gasteiger partial charge >= 0.3 is 6.09 Å². The molecule has 1 fully saturated rings. The Labute approximate surface area is 191 Å². The standard InChI is InChI=1S/C21H34N4O3.HI/c1-21(2,3)28-20(26)24-14-8-13-23-19(22-4)25-15-16-9-5-6-12-18(16)27-17-10-7-11-17;/h5-6,9,12,17H,7-8,10-11,13-15H2,1-4H3,(H,24,26)(H2,22,23,25);1H. The van der Waals surface area contributed by atoms with E-state index >= 15 is 0 Å². The highest BCUT2D eigenvalue weighted by atomic mass is 127. The second-order valence-corrected chi connectivity index (χ2v) is 7.91. The van der Waals surface area contributed by atoms with Crippen molar-refractivity contribution in [3.05, 3.63) is 29.8 Å². The highest BCUT2D eigenvalue weighted by molar-refractivity contribution is 14.0. The van der Waals surface area contributed by atoms with Gasteiger partial charge in [0.2, 0.25) is 0 Å². The van der Waals surface area contributed by atoms with Crippen molar-refractivity contribution < 1.29 is 14.3 Å². The fourth-order valence-electron chi connectivity index (χ4n) is 2.63. The first-order valence-corrected chi connectivity index (χ1v) is 10.0. The van der Waals surface area contributed by atoms with E-state index in [0.29, 0.717) is 25.7 Å². The third-order valence-electron chi connectivity index (χ3n) is 4.30. The number of nitrogens with zero attached hydrogens (tertiary/aromatic N) is 1. The molecule has 29 heavy (non-hydrogen) atoms. The summed E-state index contributed by atoms with van der Waals surface area (Å²) in [4.78, 5) is 15.8. The lowest BCUT2D eigenvalue weighted by molar-refractivity contribution is 0.0527. The van der Waals surface area contributed by atoms with Crippen LogP contribution in [0.5, 0.6) is 5.75 Å². The summed E-state index contributed by atoms with van der Waals surface area (Å²) >= 11 is 0. The van der Waals surface area contributed by atoms with Crippen LogP contribution in [0.4, 0.5) is 4.79 Å². The summed E-state index contributed by atoms with van der Waals surface area (Å²) in [7, 11) is 1.74. The average molecular weight is 518 g/mol. The van der Waals surface area contributed by atoms with Gasteiger partial charge in [0.05, 0.1) is 6.10 Å². The molecule has 1 aromatic rings. The van der Waals surface area contributed by atoms with Gasteiger partial charge in [-0.05, 0) is 52.5 Å². The highest BCUT2D eigenvalue weighted by Crippen LogP contribution is 2.27. The average Bonchev–Trinajstić information content (AvgIpc) is 2.59. The second kappa shape index (κ2) is 12.8. The number of halogens is 1. The molecule has 164 valence electrons. The van der Waals surface area contributed by atoms with E-state index in [1.807, 2.05) is 39.0 Å². The molecule has 7 nitrogen and oxygen atoms in total. The summed E-state index contributed by atoms with van der Waals surface area (Å²) in [5.41, 5.74) is 0.636. The summed E-state index contributed by atoms with van der Waals surface area (Å²) in [6.45, 7) is 7.41. The van der Waals surface area contributed by atoms with Gasteiger partial charge in [0.15, 0.2) is 5.96 Å². The van der Waals surface area contributed by atoms with E-state index in [9.17, 15) is 4.79 Å². The number of benzene rings is 1. The third kappa shape index (κ3) is 10.0. The van der Waals surface area contributed by atoms with E-state index in [4.69, 9.17) is 9.47 Å². The summed E-state index contributed by atoms with van der Waals surface area (Å²) in [6.07, 6.45) is 4.27. The number of ether oxygens (including phenoxy) is 2. The number of guanidine groups is 1. The third-order valence-corrected chi connectivity index (χ3v) is 4.30. The number of carbonyl (C=O) groups excluding carboxylic acids is 1. The smallest absolute Gasteiger partial charge is 0.407 e. The van der Waals surface area contributed by atoms with E-state index in [-0.39, 0.29) is 24.0 Å². The summed E-state index contributed by atoms with van der Waals surface area (Å²) in [5.74, 6) is 1.66. The highest BCUT2D eigenvalue weighted by Gasteiger charge is 2.20. The Kier molecular flexibility index (Phi) is 11.2. The maximum atomic E-state index is 11.6. The number of nitrogens with one attached hydrogen (secondary N) is 3. The number of carbonyl (C=O) groups is 1. The Bertz CT molecular complexity index is 658. The fraction of sp³-hybridized carbons (Fsp3) is 0.619. The Morgan fingerprint density at radius 2 is 1.83 bits per heavy atom. The van der Waals surface area contributed by atoms with Gasteiger partial charge in [-0.15, -0.1) is 24.0 Å². The van der Waals surface area contributed by atoms with Gasteiger partial charge in [-0.1, -0.05) is 18.2 Å². The van der Waals surface area contributed by atoms with Gasteiger partial charge in [0.25, 0.3) is 0 Å². The van der Waals surface area contributed by atoms with Crippen molar-refractivity contribution in [2.24, 2.45) is 4.99 Å². The number of alkyl carbamates (subject to hydrolysis) is 1. The molecular weight excluding hydrogens is 483 g/mol. The summed E-state index contributed by atoms with van der Waals surface area (Å²) < 4.78 is 11.3. The van der Waals surface area contributed by atoms with Crippen LogP contribution in [0.25, 0.3) is 0 Å². The van der Waals surface area contributed by atoms with E-state index in [2.05, 4.69) is 27.0 Å². The molecule has 0 unspecified atom stereocenters. The fourth-order valence-corrected chi connectivity index (χ4v) is 2.63. The molecule has 3 N–H and O–H groups in total. The van der Waals surface area contributed by atoms with Crippen molar-refractivity contribution in [2.75, 3.05) is 20.1 Å². The zero-order chi connectivity index (χ0) is 20.4. The predicted octanol–water partition coefficient (Wildman–Crippen LogP) is 3.82. The van der Waals surface area contributed by atoms with Crippen LogP contribution < -0.4 is 20.7 Å². The molecule has 0 radical (unpaired) electrons. The van der Waals surface area contributed by atoms with E-state index in [1.165, 1.54) is 6.42 Å². The van der Waals surface area contributed by atoms with Gasteiger partial charge in [-0.25, -0.2) is 4.79 Å². The SMILES string of the molecule is CN=C(NCCCNC(=O)OC(C)(C)C)NCc1ccccc1OC1CCC1.I. The monoisotopic (exact) mass is 518 g/mol. The molecule has 1 saturated carbocycles. The van der Waals surface area contributed by atoms with Gasteiger partial charge in [0, 0.05) is 32.2 Å². The van der Waals surface area contributed by atoms with Crippen molar-refractivity contribution in [3.8, 4) is 5.75 Å². The molecule has 0 atom stereocenters. The van der Waals surface area contributed by atoms with Crippen LogP contribution >= 0.6 is 24.0 Å². The lowest BCUT2D eigenvalue weighted by Gasteiger charge is -2.27. The van der Waals surface area contributed by atoms with Crippen molar-refractivity contribution in [1.29, 1.82) is 0 Å². The number of hydrogen-bond donors (Lipinski definition) is 3. The lowest BCUT2D eigenvalue weighted by Crippen LogP contribution is -2.39. The van der Waals surface area contributed by atoms with Crippen molar-refractivity contribution in [2.45, 2.75) is 64.7 Å². The quantitative estimate of drug-likeness (QED) is 0.211. The van der Waals surface area contributed by atoms with Crippen LogP contribution in [0.15, 0.2) is 29.3 Å². The normalized spacial score (nSPS) is 14.3. The van der Waals surface area contributed by atoms with Crippen molar-refractivity contribution >= 4 is 36.0 Å². The Balaban J connectivity index is 0.00000420. The van der Waals surface area contributed by atoms with Crippen LogP contribution in [0, 0.1) is 0 Å². The molecule has 0 spiro atoms. The zero-order valence-corrected chi connectivity index (χ0v) is 20.2. The number of para-hydroxylation sites is 1. The summed E-state index contributed by atoms with van der Waals surface area (Å²) in [5, 5.41) is 9.31. The maximum absolute atomic E-state index is 11.6. The van der Waals surface area contributed by atoms with E-state index < -0.39 is 11.7 Å². The topological polar surface area (TPSA) is 84.0 Å². The molecule has 1 aliphatic rings. The van der Waals surface area contributed by atoms with Crippen molar-refractivity contribution in [3.63, 3.8) is 0 Å². The minimum atomic E-state index is -0.479. The second-order valence-electron chi connectivity index (χ2n) is 7.91. The first kappa shape index (κ1) is 25.3. The number of rotatable bonds is 8. The molecule has 0 heterocycles. The number of amides is 1. The maximum Gasteiger partial charge on any atom is 0.407 e. The largest absolute Gasteiger partial charge is 0.490 e. The molecule has 2 rings (SSSR count).